The summed E-state index contributed by atoms with van der Waals surface area (Å²) in [4.78, 5) is 121. The van der Waals surface area contributed by atoms with E-state index >= 15 is 26.3 Å². The Balaban J connectivity index is 0.000000213. The van der Waals surface area contributed by atoms with E-state index in [0.29, 0.717) is 21.6 Å². The summed E-state index contributed by atoms with van der Waals surface area (Å²) in [6.07, 6.45) is -15.8. The SMILES string of the molecule is Cc1c(C)c(N2C(=O)c3ccc(C(C)(c4ccc5c(c4)C(=O)N(C)C5=O)C(F)(F)F)cc3C2=O)c(C)c(S(=O)(=O)N(C(=O)C(F)(F)F)c2ccc(O)cc2)c1C.Cc1c(C)c(N2C(=O)c3ccc(C(C)(c4ccc5c(c4)C(=O)N(C)C5=O)C(F)(F)F)cc3C2=O)c(C)c(S(=O)(=O)Nc2ccc(O)cc2)c1C. The van der Waals surface area contributed by atoms with Crippen LogP contribution in [0.2, 0.25) is 0 Å². The quantitative estimate of drug-likeness (QED) is 0.0582. The Morgan fingerprint density at radius 2 is 0.679 bits per heavy atom. The lowest BCUT2D eigenvalue weighted by Crippen LogP contribution is -2.45. The lowest BCUT2D eigenvalue weighted by Gasteiger charge is -2.33. The molecule has 8 aromatic rings. The molecule has 0 saturated heterocycles. The van der Waals surface area contributed by atoms with E-state index in [1.807, 2.05) is 0 Å². The van der Waals surface area contributed by atoms with Gasteiger partial charge in [-0.1, -0.05) is 24.3 Å². The molecule has 3 N–H and O–H groups in total. The summed E-state index contributed by atoms with van der Waals surface area (Å²) in [5.41, 5.74) is -9.56. The number of nitrogens with one attached hydrogen (secondary N) is 1. The fraction of sp³-hybridized carbons (Fsp3) is 0.230. The van der Waals surface area contributed by atoms with Gasteiger partial charge in [-0.2, -0.15) is 43.8 Å². The number of nitrogens with zero attached hydrogens (tertiary/aromatic N) is 5. The van der Waals surface area contributed by atoms with E-state index in [1.165, 1.54) is 66.1 Å². The zero-order valence-electron chi connectivity index (χ0n) is 57.7. The standard InChI is InChI=1S/C38H29F6N3O8S.C36H30F3N3O7S/c1-17-18(2)29(20(4)30(19(17)3)56(54,55)47(35(53)37(39,40)41)23-9-11-24(48)12-10-23)46-33(51)26-14-8-22(16-28(26)34(46)52)36(5,38(42,43)44)21-7-13-25-27(15-21)32(50)45(6)31(25)49;1-17-18(2)29(20(4)30(19(17)3)50(48,49)40-23-9-11-24(43)12-10-23)42-33(46)26-14-8-22(16-28(26)34(42)47)35(5,36(37,38)39)21-7-13-25-27(15-21)32(45)41(6)31(25)44/h7-16,48H,1-6H3;7-16,40,43H,1-6H3. The van der Waals surface area contributed by atoms with Crippen LogP contribution in [0.3, 0.4) is 0 Å². The van der Waals surface area contributed by atoms with Crippen LogP contribution in [0.15, 0.2) is 131 Å². The van der Waals surface area contributed by atoms with E-state index in [0.717, 1.165) is 133 Å². The maximum atomic E-state index is 15.1. The highest BCUT2D eigenvalue weighted by molar-refractivity contribution is 7.93. The molecule has 4 aliphatic heterocycles. The Labute approximate surface area is 598 Å². The van der Waals surface area contributed by atoms with Gasteiger partial charge in [0.2, 0.25) is 0 Å². The topological polar surface area (TPSA) is 291 Å². The maximum absolute atomic E-state index is 15.1. The average Bonchev–Trinajstić information content (AvgIpc) is 1.46. The molecule has 2 unspecified atom stereocenters. The third kappa shape index (κ3) is 11.5. The molecule has 12 rings (SSSR count). The van der Waals surface area contributed by atoms with Crippen molar-refractivity contribution in [1.82, 2.24) is 9.80 Å². The summed E-state index contributed by atoms with van der Waals surface area (Å²) in [5, 5.41) is 19.3. The fourth-order valence-corrected chi connectivity index (χ4v) is 17.3. The van der Waals surface area contributed by atoms with Crippen LogP contribution in [0.1, 0.15) is 163 Å². The van der Waals surface area contributed by atoms with Gasteiger partial charge in [0.05, 0.1) is 71.4 Å². The largest absolute Gasteiger partial charge is 0.508 e. The number of carbonyl (C=O) groups excluding carboxylic acids is 9. The summed E-state index contributed by atoms with van der Waals surface area (Å²) < 4.78 is 190. The van der Waals surface area contributed by atoms with Crippen molar-refractivity contribution in [3.8, 4) is 11.5 Å². The number of rotatable bonds is 12. The summed E-state index contributed by atoms with van der Waals surface area (Å²) in [6, 6.07) is 20.9. The highest BCUT2D eigenvalue weighted by Gasteiger charge is 2.58. The third-order valence-electron chi connectivity index (χ3n) is 20.3. The zero-order valence-corrected chi connectivity index (χ0v) is 59.3. The van der Waals surface area contributed by atoms with Gasteiger partial charge in [0.1, 0.15) is 22.3 Å². The summed E-state index contributed by atoms with van der Waals surface area (Å²) >= 11 is 0. The van der Waals surface area contributed by atoms with E-state index in [1.54, 1.807) is 20.8 Å². The molecular formula is C74H59F9N6O15S2. The van der Waals surface area contributed by atoms with E-state index < -0.39 is 157 Å². The number of benzene rings is 8. The van der Waals surface area contributed by atoms with Crippen molar-refractivity contribution in [2.75, 3.05) is 32.9 Å². The molecule has 4 aliphatic rings. The molecule has 32 heteroatoms. The number of phenolic OH excluding ortho intramolecular Hbond substituents is 2. The minimum atomic E-state index is -5.72. The minimum Gasteiger partial charge on any atom is -0.508 e. The molecule has 0 aliphatic carbocycles. The Morgan fingerprint density at radius 1 is 0.387 bits per heavy atom. The van der Waals surface area contributed by atoms with Gasteiger partial charge in [-0.05, 0) is 233 Å². The van der Waals surface area contributed by atoms with E-state index in [4.69, 9.17) is 0 Å². The number of imide groups is 4. The van der Waals surface area contributed by atoms with Gasteiger partial charge in [0.25, 0.3) is 67.3 Å². The van der Waals surface area contributed by atoms with Crippen LogP contribution in [-0.4, -0.2) is 123 Å². The molecule has 4 heterocycles. The Hall–Kier alpha value is -11.5. The first kappa shape index (κ1) is 75.6. The minimum absolute atomic E-state index is 0.0172. The second-order valence-electron chi connectivity index (χ2n) is 26.1. The van der Waals surface area contributed by atoms with Crippen molar-refractivity contribution in [2.24, 2.45) is 0 Å². The van der Waals surface area contributed by atoms with Crippen molar-refractivity contribution in [3.63, 3.8) is 0 Å². The number of hydrogen-bond donors (Lipinski definition) is 3. The molecule has 21 nitrogen and oxygen atoms in total. The number of sulfonamides is 2. The van der Waals surface area contributed by atoms with Crippen LogP contribution in [-0.2, 0) is 35.7 Å². The van der Waals surface area contributed by atoms with Gasteiger partial charge in [-0.25, -0.2) is 26.6 Å². The van der Waals surface area contributed by atoms with Crippen LogP contribution < -0.4 is 18.8 Å². The van der Waals surface area contributed by atoms with Gasteiger partial charge < -0.3 is 10.2 Å². The Kier molecular flexibility index (Phi) is 18.1. The fourth-order valence-electron chi connectivity index (χ4n) is 13.8. The molecule has 2 atom stereocenters. The molecule has 0 aromatic heterocycles. The van der Waals surface area contributed by atoms with Crippen molar-refractivity contribution < 1.29 is 110 Å². The molecule has 0 bridgehead atoms. The number of hydrogen-bond acceptors (Lipinski definition) is 15. The second kappa shape index (κ2) is 25.4. The summed E-state index contributed by atoms with van der Waals surface area (Å²) in [7, 11) is -7.45. The maximum Gasteiger partial charge on any atom is 0.472 e. The van der Waals surface area contributed by atoms with Gasteiger partial charge in [0.15, 0.2) is 0 Å². The highest BCUT2D eigenvalue weighted by Crippen LogP contribution is 2.52. The van der Waals surface area contributed by atoms with Gasteiger partial charge in [-0.15, -0.1) is 0 Å². The van der Waals surface area contributed by atoms with Gasteiger partial charge in [0, 0.05) is 19.8 Å². The van der Waals surface area contributed by atoms with Crippen LogP contribution in [0.4, 0.5) is 62.3 Å². The van der Waals surface area contributed by atoms with E-state index in [2.05, 4.69) is 4.72 Å². The predicted molar refractivity (Wildman–Crippen MR) is 364 cm³/mol. The number of fused-ring (bicyclic) bond motifs is 4. The lowest BCUT2D eigenvalue weighted by atomic mass is 9.74. The molecule has 0 saturated carbocycles. The molecule has 0 radical (unpaired) electrons. The highest BCUT2D eigenvalue weighted by atomic mass is 32.2. The number of phenols is 2. The lowest BCUT2D eigenvalue weighted by molar-refractivity contribution is -0.173. The molecule has 8 aromatic carbocycles. The normalized spacial score (nSPS) is 15.7. The summed E-state index contributed by atoms with van der Waals surface area (Å²) in [5.74, 6) is -10.3. The monoisotopic (exact) mass is 1510 g/mol. The van der Waals surface area contributed by atoms with Crippen molar-refractivity contribution >= 4 is 96.0 Å². The average molecular weight is 1510 g/mol. The van der Waals surface area contributed by atoms with Crippen molar-refractivity contribution in [1.29, 1.82) is 0 Å². The number of carbonyl (C=O) groups is 9. The zero-order chi connectivity index (χ0) is 78.6. The number of anilines is 4. The Bertz CT molecular complexity index is 5570. The second-order valence-corrected chi connectivity index (χ2v) is 29.5. The van der Waals surface area contributed by atoms with Gasteiger partial charge >= 0.3 is 24.4 Å². The first-order chi connectivity index (χ1) is 49.0. The predicted octanol–water partition coefficient (Wildman–Crippen LogP) is 13.1. The smallest absolute Gasteiger partial charge is 0.472 e. The van der Waals surface area contributed by atoms with Crippen LogP contribution in [0, 0.1) is 55.4 Å². The molecule has 550 valence electrons. The number of amides is 9. The first-order valence-corrected chi connectivity index (χ1v) is 34.5. The molecule has 0 fully saturated rings. The van der Waals surface area contributed by atoms with E-state index in [9.17, 15) is 83.4 Å². The van der Waals surface area contributed by atoms with Crippen LogP contribution in [0.25, 0.3) is 0 Å². The van der Waals surface area contributed by atoms with Gasteiger partial charge in [-0.3, -0.25) is 57.7 Å². The Morgan fingerprint density at radius 3 is 1.02 bits per heavy atom. The first-order valence-electron chi connectivity index (χ1n) is 31.6. The number of halogens is 9. The molecule has 0 spiro atoms. The number of aromatic hydroxyl groups is 2. The molecule has 9 amide bonds. The summed E-state index contributed by atoms with van der Waals surface area (Å²) in [6.45, 7) is 13.0. The van der Waals surface area contributed by atoms with Crippen LogP contribution in [0.5, 0.6) is 11.5 Å². The molecule has 106 heavy (non-hydrogen) atoms. The molecular weight excluding hydrogens is 1450 g/mol. The van der Waals surface area contributed by atoms with Crippen LogP contribution >= 0.6 is 0 Å². The van der Waals surface area contributed by atoms with Crippen molar-refractivity contribution in [3.05, 3.63) is 233 Å². The number of alkyl halides is 9. The van der Waals surface area contributed by atoms with Crippen molar-refractivity contribution in [2.45, 2.75) is 108 Å². The van der Waals surface area contributed by atoms with E-state index in [-0.39, 0.29) is 88.8 Å². The third-order valence-corrected chi connectivity index (χ3v) is 23.9.